The number of hydrogen-bond donors (Lipinski definition) is 0. The molecule has 0 heterocycles. The van der Waals surface area contributed by atoms with Gasteiger partial charge in [0, 0.05) is 0 Å². The molecule has 2 unspecified atom stereocenters. The molecule has 0 saturated heterocycles. The molecule has 0 aliphatic rings. The normalized spacial score (nSPS) is 15.9. The number of hydrogen-bond acceptors (Lipinski definition) is 12. The molecule has 0 amide bonds. The van der Waals surface area contributed by atoms with Gasteiger partial charge in [-0.15, -0.1) is 0 Å². The first kappa shape index (κ1) is 73.4. The molecule has 0 aromatic heterocycles. The summed E-state index contributed by atoms with van der Waals surface area (Å²) in [5, 5.41) is 7.90. The number of carbonyl (C=O) groups excluding carboxylic acids is 3. The van der Waals surface area contributed by atoms with Gasteiger partial charge in [0.15, 0.2) is 6.72 Å². The highest BCUT2D eigenvalue weighted by Gasteiger charge is 2.89. The molecule has 0 radical (unpaired) electrons. The Morgan fingerprint density at radius 1 is 0.385 bits per heavy atom. The maximum atomic E-state index is 13.9. The molecule has 0 saturated carbocycles. The van der Waals surface area contributed by atoms with E-state index in [-0.39, 0.29) is 0 Å². The summed E-state index contributed by atoms with van der Waals surface area (Å²) in [6.45, 7) is -20.0. The highest BCUT2D eigenvalue weighted by atomic mass is 32.2. The lowest BCUT2D eigenvalue weighted by Crippen LogP contribution is -2.67. The van der Waals surface area contributed by atoms with Gasteiger partial charge in [0.25, 0.3) is 0 Å². The van der Waals surface area contributed by atoms with Gasteiger partial charge in [-0.3, -0.25) is 14.4 Å². The van der Waals surface area contributed by atoms with Gasteiger partial charge in [-0.25, -0.2) is 0 Å². The number of carbonyl (C=O) groups is 3. The van der Waals surface area contributed by atoms with Crippen LogP contribution in [0.1, 0.15) is 6.42 Å². The average molecular weight is 1260 g/mol. The van der Waals surface area contributed by atoms with Crippen molar-refractivity contribution in [1.82, 2.24) is 0 Å². The number of rotatable bonds is 31. The third-order valence-electron chi connectivity index (χ3n) is 8.99. The van der Waals surface area contributed by atoms with Gasteiger partial charge in [-0.2, -0.15) is 153 Å². The third kappa shape index (κ3) is 14.1. The number of nitrogens with zero attached hydrogens (tertiary/aromatic N) is 1. The maximum Gasteiger partial charge on any atom is 0.460 e. The van der Waals surface area contributed by atoms with Crippen LogP contribution in [0.25, 0.3) is 0 Å². The van der Waals surface area contributed by atoms with Crippen molar-refractivity contribution in [3.8, 4) is 0 Å². The molecule has 0 spiro atoms. The van der Waals surface area contributed by atoms with Crippen molar-refractivity contribution >= 4 is 34.6 Å². The highest BCUT2D eigenvalue weighted by Crippen LogP contribution is 2.60. The van der Waals surface area contributed by atoms with Crippen LogP contribution < -0.4 is 0 Å². The van der Waals surface area contributed by atoms with E-state index in [1.807, 2.05) is 0 Å². The standard InChI is InChI=1S/C31H24F33NO12S/c1-65(69)78(70,71)14(16(68)77-7-4-74-11-19(36,37)22(42,43)25(48,49)28(54,55)31(62,63)64)12(15(67)76-6-3-73-10-18(34,35)21(40,41)24(46,47)27(52,53)30(59,60)61)8-13(66)75-5-2-72-9-17(32,33)20(38,39)23(44,45)26(50,51)29(56,57)58/h12,14H,1-11H2. The van der Waals surface area contributed by atoms with E-state index in [1.54, 1.807) is 0 Å². The fourth-order valence-electron chi connectivity index (χ4n) is 4.67. The minimum absolute atomic E-state index is 1.68. The van der Waals surface area contributed by atoms with Crippen LogP contribution in [0.2, 0.25) is 0 Å². The van der Waals surface area contributed by atoms with Crippen LogP contribution in [0.3, 0.4) is 0 Å². The van der Waals surface area contributed by atoms with Crippen LogP contribution >= 0.6 is 0 Å². The SMILES string of the molecule is C=[N+]([O-])S(=O)(=O)C(C(=O)OCCOCC(F)(F)C(F)(F)C(F)(F)C(F)(F)C(F)(F)F)C(CC(=O)OCCOCC(F)(F)C(F)(F)C(F)(F)C(F)(F)C(F)(F)F)C(=O)OCCOCC(F)(F)C(F)(F)C(F)(F)C(F)(F)C(F)(F)F. The second kappa shape index (κ2) is 23.5. The second-order valence-electron chi connectivity index (χ2n) is 14.6. The Bertz CT molecular complexity index is 2190. The minimum atomic E-state index is -8.02. The minimum Gasteiger partial charge on any atom is -0.608 e. The van der Waals surface area contributed by atoms with E-state index >= 15 is 0 Å². The monoisotopic (exact) mass is 1260 g/mol. The zero-order valence-electron chi connectivity index (χ0n) is 36.2. The molecule has 0 aromatic rings. The van der Waals surface area contributed by atoms with E-state index in [0.29, 0.717) is 0 Å². The van der Waals surface area contributed by atoms with Crippen molar-refractivity contribution in [2.45, 2.75) is 101 Å². The van der Waals surface area contributed by atoms with E-state index in [4.69, 9.17) is 0 Å². The highest BCUT2D eigenvalue weighted by molar-refractivity contribution is 7.87. The second-order valence-corrected chi connectivity index (χ2v) is 16.5. The molecule has 47 heteroatoms. The summed E-state index contributed by atoms with van der Waals surface area (Å²) < 4.78 is 483. The van der Waals surface area contributed by atoms with Crippen molar-refractivity contribution in [1.29, 1.82) is 0 Å². The summed E-state index contributed by atoms with van der Waals surface area (Å²) in [6, 6.07) is 0. The first-order chi connectivity index (χ1) is 34.1. The van der Waals surface area contributed by atoms with Crippen LogP contribution in [0.4, 0.5) is 145 Å². The Morgan fingerprint density at radius 2 is 0.628 bits per heavy atom. The van der Waals surface area contributed by atoms with Crippen molar-refractivity contribution in [3.63, 3.8) is 0 Å². The van der Waals surface area contributed by atoms with E-state index in [9.17, 15) is 173 Å². The lowest BCUT2D eigenvalue weighted by Gasteiger charge is -2.37. The number of esters is 3. The molecule has 0 N–H and O–H groups in total. The Kier molecular flexibility index (Phi) is 22.1. The summed E-state index contributed by atoms with van der Waals surface area (Å²) in [4.78, 5) is 38.4. The van der Waals surface area contributed by atoms with E-state index in [0.717, 1.165) is 0 Å². The molecule has 2 atom stereocenters. The third-order valence-corrected chi connectivity index (χ3v) is 10.7. The molecule has 0 rings (SSSR count). The predicted octanol–water partition coefficient (Wildman–Crippen LogP) is 8.89. The first-order valence-electron chi connectivity index (χ1n) is 18.5. The van der Waals surface area contributed by atoms with Crippen molar-refractivity contribution in [3.05, 3.63) is 5.21 Å². The summed E-state index contributed by atoms with van der Waals surface area (Å²) in [6.07, 6.45) is -25.3. The van der Waals surface area contributed by atoms with Crippen LogP contribution in [-0.2, 0) is 52.8 Å². The number of alkyl halides is 33. The van der Waals surface area contributed by atoms with Crippen molar-refractivity contribution in [2.75, 3.05) is 59.5 Å². The fourth-order valence-corrected chi connectivity index (χ4v) is 5.85. The van der Waals surface area contributed by atoms with Gasteiger partial charge < -0.3 is 33.6 Å². The van der Waals surface area contributed by atoms with Gasteiger partial charge in [-0.1, -0.05) is 4.14 Å². The van der Waals surface area contributed by atoms with Crippen molar-refractivity contribution < 1.29 is 200 Å². The molecule has 13 nitrogen and oxygen atoms in total. The molecule has 0 bridgehead atoms. The van der Waals surface area contributed by atoms with Crippen LogP contribution in [0, 0.1) is 11.1 Å². The number of sulfonamides is 1. The van der Waals surface area contributed by atoms with Crippen LogP contribution in [0.15, 0.2) is 0 Å². The van der Waals surface area contributed by atoms with Crippen LogP contribution in [0.5, 0.6) is 0 Å². The maximum absolute atomic E-state index is 13.9. The summed E-state index contributed by atoms with van der Waals surface area (Å²) >= 11 is 0. The summed E-state index contributed by atoms with van der Waals surface area (Å²) in [5.74, 6) is -103. The largest absolute Gasteiger partial charge is 0.608 e. The zero-order chi connectivity index (χ0) is 62.8. The summed E-state index contributed by atoms with van der Waals surface area (Å²) in [7, 11) is -6.47. The number of ether oxygens (including phenoxy) is 6. The topological polar surface area (TPSA) is 167 Å². The molecular weight excluding hydrogens is 1240 g/mol. The van der Waals surface area contributed by atoms with Gasteiger partial charge in [0.05, 0.1) is 26.2 Å². The zero-order valence-corrected chi connectivity index (χ0v) is 37.0. The smallest absolute Gasteiger partial charge is 0.460 e. The number of halogens is 33. The van der Waals surface area contributed by atoms with E-state index < -0.39 is 199 Å². The Balaban J connectivity index is 6.74. The van der Waals surface area contributed by atoms with Gasteiger partial charge >= 0.3 is 118 Å². The average Bonchev–Trinajstić information content (AvgIpc) is 3.23. The van der Waals surface area contributed by atoms with Crippen molar-refractivity contribution in [2.24, 2.45) is 5.92 Å². The molecule has 0 aromatic carbocycles. The molecule has 0 fully saturated rings. The first-order valence-corrected chi connectivity index (χ1v) is 20.0. The van der Waals surface area contributed by atoms with E-state index in [2.05, 4.69) is 35.1 Å². The molecule has 0 aliphatic carbocycles. The van der Waals surface area contributed by atoms with Gasteiger partial charge in [-0.05, 0) is 0 Å². The lowest BCUT2D eigenvalue weighted by atomic mass is 9.98. The van der Waals surface area contributed by atoms with Gasteiger partial charge in [0.2, 0.25) is 5.25 Å². The Labute approximate surface area is 407 Å². The molecular formula is C31H24F33NO12S. The molecule has 462 valence electrons. The molecule has 78 heavy (non-hydrogen) atoms. The fraction of sp³-hybridized carbons (Fsp3) is 0.871. The van der Waals surface area contributed by atoms with Crippen LogP contribution in [-0.4, -0.2) is 191 Å². The van der Waals surface area contributed by atoms with E-state index in [1.165, 1.54) is 0 Å². The molecule has 0 aliphatic heterocycles. The Hall–Kier alpha value is -4.60. The van der Waals surface area contributed by atoms with Gasteiger partial charge in [0.1, 0.15) is 45.6 Å². The summed E-state index contributed by atoms with van der Waals surface area (Å²) in [5.41, 5.74) is 0. The Morgan fingerprint density at radius 3 is 0.872 bits per heavy atom. The quantitative estimate of drug-likeness (QED) is 0.00947. The predicted molar refractivity (Wildman–Crippen MR) is 174 cm³/mol. The lowest BCUT2D eigenvalue weighted by molar-refractivity contribution is -0.424.